The molecule has 0 rings (SSSR count). The predicted molar refractivity (Wildman–Crippen MR) is 153 cm³/mol. The van der Waals surface area contributed by atoms with Gasteiger partial charge in [-0.15, -0.1) is 0 Å². The summed E-state index contributed by atoms with van der Waals surface area (Å²) in [6.07, 6.45) is 12.4. The van der Waals surface area contributed by atoms with Crippen LogP contribution in [0, 0.1) is 23.7 Å². The molecule has 0 saturated carbocycles. The molecule has 0 heterocycles. The van der Waals surface area contributed by atoms with Crippen molar-refractivity contribution in [3.8, 4) is 0 Å². The molecule has 0 aliphatic carbocycles. The van der Waals surface area contributed by atoms with Crippen molar-refractivity contribution in [1.29, 1.82) is 0 Å². The Morgan fingerprint density at radius 1 is 0.366 bits per heavy atom. The van der Waals surface area contributed by atoms with Gasteiger partial charge >= 0.3 is 21.1 Å². The van der Waals surface area contributed by atoms with Crippen molar-refractivity contribution in [2.45, 2.75) is 158 Å². The van der Waals surface area contributed by atoms with Crippen LogP contribution in [0.1, 0.15) is 158 Å². The Hall–Kier alpha value is -1.43. The van der Waals surface area contributed by atoms with Crippen molar-refractivity contribution in [3.05, 3.63) is 0 Å². The predicted octanol–water partition coefficient (Wildman–Crippen LogP) is 3.81. The minimum atomic E-state index is -0.927. The normalized spacial score (nSPS) is 10.0. The molecule has 0 aromatic heterocycles. The molecule has 0 atom stereocenters. The molecule has 0 fully saturated rings. The third kappa shape index (κ3) is 73.1. The maximum absolute atomic E-state index is 9.93. The maximum Gasteiger partial charge on any atom is 4.00 e. The summed E-state index contributed by atoms with van der Waals surface area (Å²) in [5, 5.41) is 39.7. The molecule has 8 nitrogen and oxygen atoms in total. The first-order chi connectivity index (χ1) is 18.5. The zero-order valence-electron chi connectivity index (χ0n) is 27.3. The largest absolute Gasteiger partial charge is 4.00 e. The average Bonchev–Trinajstić information content (AvgIpc) is 2.80. The van der Waals surface area contributed by atoms with Crippen molar-refractivity contribution in [1.82, 2.24) is 0 Å². The summed E-state index contributed by atoms with van der Waals surface area (Å²) >= 11 is 0. The zero-order chi connectivity index (χ0) is 31.9. The van der Waals surface area contributed by atoms with Gasteiger partial charge in [0.1, 0.15) is 0 Å². The Morgan fingerprint density at radius 3 is 0.610 bits per heavy atom. The van der Waals surface area contributed by atoms with E-state index < -0.39 is 23.9 Å². The monoisotopic (exact) mass is 670 g/mol. The van der Waals surface area contributed by atoms with E-state index in [1.165, 1.54) is 0 Å². The summed E-state index contributed by atoms with van der Waals surface area (Å²) in [4.78, 5) is 39.7. The van der Waals surface area contributed by atoms with E-state index in [1.54, 1.807) is 0 Å². The van der Waals surface area contributed by atoms with Gasteiger partial charge in [0.2, 0.25) is 0 Å². The first-order valence-electron chi connectivity index (χ1n) is 15.3. The first-order valence-corrected chi connectivity index (χ1v) is 15.3. The van der Waals surface area contributed by atoms with E-state index >= 15 is 0 Å². The van der Waals surface area contributed by atoms with E-state index in [4.69, 9.17) is 0 Å². The van der Waals surface area contributed by atoms with Crippen LogP contribution in [0.5, 0.6) is 0 Å². The molecule has 0 N–H and O–H groups in total. The van der Waals surface area contributed by atoms with Crippen molar-refractivity contribution >= 4 is 23.9 Å². The van der Waals surface area contributed by atoms with Gasteiger partial charge in [-0.25, -0.2) is 0 Å². The van der Waals surface area contributed by atoms with Crippen LogP contribution in [0.2, 0.25) is 0 Å². The molecule has 0 radical (unpaired) electrons. The second-order valence-electron chi connectivity index (χ2n) is 12.0. The topological polar surface area (TPSA) is 161 Å². The molecule has 0 aliphatic rings. The number of aliphatic carboxylic acids is 4. The number of carbonyl (C=O) groups is 4. The molecule has 0 aliphatic heterocycles. The molecule has 41 heavy (non-hydrogen) atoms. The fourth-order valence-corrected chi connectivity index (χ4v) is 3.29. The van der Waals surface area contributed by atoms with Gasteiger partial charge in [0.25, 0.3) is 0 Å². The third-order valence-corrected chi connectivity index (χ3v) is 5.65. The van der Waals surface area contributed by atoms with Crippen LogP contribution in [0.25, 0.3) is 0 Å². The molecule has 242 valence electrons. The van der Waals surface area contributed by atoms with Gasteiger partial charge in [0.05, 0.1) is 0 Å². The summed E-state index contributed by atoms with van der Waals surface area (Å²) in [6, 6.07) is 0. The quantitative estimate of drug-likeness (QED) is 0.140. The SMILES string of the molecule is CC(C)CCCCC(=O)[O-].CC(C)CCCCC(=O)[O-].CC(C)CCCCC(=O)[O-].CC(C)CCCCC(=O)[O-].[Mo+4]. The molecule has 0 saturated heterocycles. The van der Waals surface area contributed by atoms with Crippen molar-refractivity contribution in [2.24, 2.45) is 23.7 Å². The molecule has 0 aromatic carbocycles. The van der Waals surface area contributed by atoms with Crippen LogP contribution in [0.4, 0.5) is 0 Å². The smallest absolute Gasteiger partial charge is 0.550 e. The number of rotatable bonds is 20. The van der Waals surface area contributed by atoms with Gasteiger partial charge in [-0.05, 0) is 75.0 Å². The fraction of sp³-hybridized carbons (Fsp3) is 0.875. The molecule has 0 amide bonds. The zero-order valence-corrected chi connectivity index (χ0v) is 29.3. The van der Waals surface area contributed by atoms with Crippen LogP contribution in [-0.4, -0.2) is 23.9 Å². The van der Waals surface area contributed by atoms with E-state index in [2.05, 4.69) is 55.4 Å². The van der Waals surface area contributed by atoms with E-state index in [-0.39, 0.29) is 46.7 Å². The van der Waals surface area contributed by atoms with E-state index in [9.17, 15) is 39.6 Å². The van der Waals surface area contributed by atoms with Crippen LogP contribution in [0.3, 0.4) is 0 Å². The van der Waals surface area contributed by atoms with E-state index in [0.29, 0.717) is 23.7 Å². The van der Waals surface area contributed by atoms with E-state index in [1.807, 2.05) is 0 Å². The van der Waals surface area contributed by atoms with Crippen molar-refractivity contribution in [3.63, 3.8) is 0 Å². The van der Waals surface area contributed by atoms with Crippen LogP contribution in [-0.2, 0) is 40.2 Å². The van der Waals surface area contributed by atoms with Crippen LogP contribution in [0.15, 0.2) is 0 Å². The van der Waals surface area contributed by atoms with Crippen molar-refractivity contribution in [2.75, 3.05) is 0 Å². The molecular formula is C32H60MoO8. The molecule has 0 unspecified atom stereocenters. The Bertz CT molecular complexity index is 501. The summed E-state index contributed by atoms with van der Waals surface area (Å²) < 4.78 is 0. The Labute approximate surface area is 265 Å². The third-order valence-electron chi connectivity index (χ3n) is 5.65. The number of carboxylic acids is 4. The standard InChI is InChI=1S/4C8H16O2.Mo/c4*1-7(2)5-3-4-6-8(9)10;/h4*7H,3-6H2,1-2H3,(H,9,10);/q;;;;+4/p-4. The minimum absolute atomic E-state index is 0. The second-order valence-corrected chi connectivity index (χ2v) is 12.0. The maximum atomic E-state index is 9.93. The van der Waals surface area contributed by atoms with Gasteiger partial charge in [-0.2, -0.15) is 0 Å². The Kier molecular flexibility index (Phi) is 44.0. The summed E-state index contributed by atoms with van der Waals surface area (Å²) in [5.74, 6) is -0.980. The first kappa shape index (κ1) is 49.3. The number of unbranched alkanes of at least 4 members (excludes halogenated alkanes) is 4. The summed E-state index contributed by atoms with van der Waals surface area (Å²) in [6.45, 7) is 17.1. The Morgan fingerprint density at radius 2 is 0.512 bits per heavy atom. The molecule has 0 aromatic rings. The van der Waals surface area contributed by atoms with Crippen LogP contribution < -0.4 is 20.4 Å². The number of carbonyl (C=O) groups excluding carboxylic acids is 4. The van der Waals surface area contributed by atoms with Crippen molar-refractivity contribution < 1.29 is 60.7 Å². The second kappa shape index (κ2) is 36.6. The fourth-order valence-electron chi connectivity index (χ4n) is 3.29. The van der Waals surface area contributed by atoms with Gasteiger partial charge in [0.15, 0.2) is 0 Å². The molecule has 9 heteroatoms. The molecular weight excluding hydrogens is 608 g/mol. The summed E-state index contributed by atoms with van der Waals surface area (Å²) in [7, 11) is 0. The number of hydrogen-bond donors (Lipinski definition) is 0. The van der Waals surface area contributed by atoms with Gasteiger partial charge in [0, 0.05) is 23.9 Å². The summed E-state index contributed by atoms with van der Waals surface area (Å²) in [5.41, 5.74) is 0. The Balaban J connectivity index is -0.000000139. The van der Waals surface area contributed by atoms with Gasteiger partial charge < -0.3 is 39.6 Å². The van der Waals surface area contributed by atoms with E-state index in [0.717, 1.165) is 77.0 Å². The number of hydrogen-bond acceptors (Lipinski definition) is 8. The van der Waals surface area contributed by atoms with Crippen LogP contribution >= 0.6 is 0 Å². The minimum Gasteiger partial charge on any atom is -0.550 e. The average molecular weight is 669 g/mol. The van der Waals surface area contributed by atoms with Gasteiger partial charge in [-0.1, -0.05) is 107 Å². The van der Waals surface area contributed by atoms with Gasteiger partial charge in [-0.3, -0.25) is 0 Å². The number of carboxylic acid groups (broad SMARTS) is 4. The molecule has 0 bridgehead atoms. The molecule has 0 spiro atoms.